The van der Waals surface area contributed by atoms with Gasteiger partial charge in [0.1, 0.15) is 10.9 Å². The lowest BCUT2D eigenvalue weighted by Gasteiger charge is -2.15. The van der Waals surface area contributed by atoms with Gasteiger partial charge in [-0.15, -0.1) is 0 Å². The number of carboxylic acid groups (broad SMARTS) is 1. The van der Waals surface area contributed by atoms with E-state index >= 15 is 0 Å². The van der Waals surface area contributed by atoms with Crippen molar-refractivity contribution in [2.75, 3.05) is 5.73 Å². The van der Waals surface area contributed by atoms with E-state index in [1.54, 1.807) is 0 Å². The fourth-order valence-electron chi connectivity index (χ4n) is 1.66. The van der Waals surface area contributed by atoms with Gasteiger partial charge in [0.2, 0.25) is 0 Å². The Bertz CT molecular complexity index is 682. The highest BCUT2D eigenvalue weighted by Crippen LogP contribution is 2.36. The van der Waals surface area contributed by atoms with Crippen LogP contribution in [0.2, 0.25) is 0 Å². The van der Waals surface area contributed by atoms with E-state index in [-0.39, 0.29) is 5.69 Å². The summed E-state index contributed by atoms with van der Waals surface area (Å²) in [4.78, 5) is 14.7. The van der Waals surface area contributed by atoms with Crippen LogP contribution in [0.1, 0.15) is 15.9 Å². The molecule has 0 bridgehead atoms. The number of hydrogen-bond acceptors (Lipinski definition) is 3. The van der Waals surface area contributed by atoms with Crippen LogP contribution < -0.4 is 5.73 Å². The summed E-state index contributed by atoms with van der Waals surface area (Å²) >= 11 is 3.01. The van der Waals surface area contributed by atoms with E-state index in [9.17, 15) is 18.0 Å². The normalized spacial score (nSPS) is 11.6. The van der Waals surface area contributed by atoms with E-state index in [2.05, 4.69) is 20.9 Å². The van der Waals surface area contributed by atoms with Gasteiger partial charge in [0.05, 0.1) is 16.8 Å². The maximum atomic E-state index is 13.0. The summed E-state index contributed by atoms with van der Waals surface area (Å²) < 4.78 is 40.4. The average Bonchev–Trinajstić information content (AvgIpc) is 2.73. The standard InChI is InChI=1S/C11H7BrF3N3O2/c12-9-3-18(4-17-9)8-1-5(10(19)20)7(16)2-6(8)11(13,14)15/h1-4H,16H2,(H,19,20). The summed E-state index contributed by atoms with van der Waals surface area (Å²) in [7, 11) is 0. The van der Waals surface area contributed by atoms with E-state index in [0.717, 1.165) is 17.0 Å². The van der Waals surface area contributed by atoms with Crippen molar-refractivity contribution in [1.82, 2.24) is 9.55 Å². The number of nitrogen functional groups attached to an aromatic ring is 1. The molecule has 0 atom stereocenters. The maximum absolute atomic E-state index is 13.0. The predicted octanol–water partition coefficient (Wildman–Crippen LogP) is 2.93. The Morgan fingerprint density at radius 3 is 2.50 bits per heavy atom. The van der Waals surface area contributed by atoms with Crippen LogP contribution in [0.25, 0.3) is 5.69 Å². The Morgan fingerprint density at radius 1 is 1.40 bits per heavy atom. The number of halogens is 4. The van der Waals surface area contributed by atoms with Crippen molar-refractivity contribution >= 4 is 27.6 Å². The van der Waals surface area contributed by atoms with Crippen molar-refractivity contribution in [3.05, 3.63) is 40.4 Å². The SMILES string of the molecule is Nc1cc(C(F)(F)F)c(-n2cnc(Br)c2)cc1C(=O)O. The number of hydrogen-bond donors (Lipinski definition) is 2. The second kappa shape index (κ2) is 4.82. The maximum Gasteiger partial charge on any atom is 0.418 e. The van der Waals surface area contributed by atoms with Crippen LogP contribution in [0.15, 0.2) is 29.3 Å². The first-order valence-electron chi connectivity index (χ1n) is 5.14. The fraction of sp³-hybridized carbons (Fsp3) is 0.0909. The van der Waals surface area contributed by atoms with E-state index < -0.39 is 29.0 Å². The summed E-state index contributed by atoms with van der Waals surface area (Å²) in [6.45, 7) is 0. The van der Waals surface area contributed by atoms with E-state index in [4.69, 9.17) is 10.8 Å². The number of imidazole rings is 1. The molecule has 0 unspecified atom stereocenters. The molecule has 2 aromatic rings. The Morgan fingerprint density at radius 2 is 2.05 bits per heavy atom. The molecule has 20 heavy (non-hydrogen) atoms. The van der Waals surface area contributed by atoms with Crippen LogP contribution in [0, 0.1) is 0 Å². The molecule has 9 heteroatoms. The molecule has 1 aromatic carbocycles. The van der Waals surface area contributed by atoms with Gasteiger partial charge in [0, 0.05) is 11.9 Å². The van der Waals surface area contributed by atoms with Crippen LogP contribution in [0.5, 0.6) is 0 Å². The molecule has 106 valence electrons. The number of rotatable bonds is 2. The number of aromatic nitrogens is 2. The number of aromatic carboxylic acids is 1. The van der Waals surface area contributed by atoms with Crippen molar-refractivity contribution in [2.24, 2.45) is 0 Å². The highest BCUT2D eigenvalue weighted by Gasteiger charge is 2.35. The number of carboxylic acids is 1. The zero-order chi connectivity index (χ0) is 15.1. The van der Waals surface area contributed by atoms with E-state index in [1.165, 1.54) is 6.20 Å². The molecular weight excluding hydrogens is 343 g/mol. The predicted molar refractivity (Wildman–Crippen MR) is 67.6 cm³/mol. The van der Waals surface area contributed by atoms with Gasteiger partial charge in [-0.05, 0) is 28.1 Å². The number of anilines is 1. The van der Waals surface area contributed by atoms with Gasteiger partial charge in [-0.3, -0.25) is 0 Å². The molecule has 1 heterocycles. The molecule has 0 aliphatic heterocycles. The van der Waals surface area contributed by atoms with Gasteiger partial charge in [-0.2, -0.15) is 13.2 Å². The summed E-state index contributed by atoms with van der Waals surface area (Å²) in [6, 6.07) is 1.47. The Hall–Kier alpha value is -2.03. The van der Waals surface area contributed by atoms with Crippen LogP contribution in [-0.2, 0) is 6.18 Å². The summed E-state index contributed by atoms with van der Waals surface area (Å²) in [6.07, 6.45) is -2.25. The molecule has 2 rings (SSSR count). The molecule has 0 radical (unpaired) electrons. The molecule has 1 aromatic heterocycles. The first kappa shape index (κ1) is 14.4. The van der Waals surface area contributed by atoms with Gasteiger partial charge in [0.15, 0.2) is 0 Å². The lowest BCUT2D eigenvalue weighted by Crippen LogP contribution is -2.14. The van der Waals surface area contributed by atoms with Gasteiger partial charge < -0.3 is 15.4 Å². The number of nitrogens with zero attached hydrogens (tertiary/aromatic N) is 2. The number of nitrogens with two attached hydrogens (primary N) is 1. The third-order valence-electron chi connectivity index (χ3n) is 2.53. The highest BCUT2D eigenvalue weighted by atomic mass is 79.9. The first-order valence-corrected chi connectivity index (χ1v) is 5.93. The van der Waals surface area contributed by atoms with Gasteiger partial charge in [0.25, 0.3) is 0 Å². The Kier molecular flexibility index (Phi) is 3.46. The summed E-state index contributed by atoms with van der Waals surface area (Å²) in [5.74, 6) is -1.41. The molecular formula is C11H7BrF3N3O2. The van der Waals surface area contributed by atoms with Crippen molar-refractivity contribution in [3.63, 3.8) is 0 Å². The van der Waals surface area contributed by atoms with Crippen LogP contribution in [0.3, 0.4) is 0 Å². The molecule has 3 N–H and O–H groups in total. The van der Waals surface area contributed by atoms with Crippen LogP contribution in [-0.4, -0.2) is 20.6 Å². The minimum atomic E-state index is -4.67. The molecule has 0 aliphatic rings. The lowest BCUT2D eigenvalue weighted by molar-refractivity contribution is -0.137. The molecule has 0 saturated carbocycles. The van der Waals surface area contributed by atoms with E-state index in [0.29, 0.717) is 10.7 Å². The van der Waals surface area contributed by atoms with Gasteiger partial charge in [-0.25, -0.2) is 9.78 Å². The monoisotopic (exact) mass is 349 g/mol. The molecule has 5 nitrogen and oxygen atoms in total. The second-order valence-electron chi connectivity index (χ2n) is 3.86. The van der Waals surface area contributed by atoms with Crippen molar-refractivity contribution in [2.45, 2.75) is 6.18 Å². The minimum absolute atomic E-state index is 0.319. The summed E-state index contributed by atoms with van der Waals surface area (Å²) in [5.41, 5.74) is 3.10. The van der Waals surface area contributed by atoms with E-state index in [1.807, 2.05) is 0 Å². The molecule has 0 saturated heterocycles. The zero-order valence-corrected chi connectivity index (χ0v) is 11.2. The highest BCUT2D eigenvalue weighted by molar-refractivity contribution is 9.10. The van der Waals surface area contributed by atoms with Crippen molar-refractivity contribution < 1.29 is 23.1 Å². The topological polar surface area (TPSA) is 81.1 Å². The molecule has 0 amide bonds. The minimum Gasteiger partial charge on any atom is -0.478 e. The van der Waals surface area contributed by atoms with Gasteiger partial charge >= 0.3 is 12.1 Å². The number of carbonyl (C=O) groups is 1. The Balaban J connectivity index is 2.75. The summed E-state index contributed by atoms with van der Waals surface area (Å²) in [5, 5.41) is 8.94. The third-order valence-corrected chi connectivity index (χ3v) is 2.94. The van der Waals surface area contributed by atoms with Gasteiger partial charge in [-0.1, -0.05) is 0 Å². The smallest absolute Gasteiger partial charge is 0.418 e. The largest absolute Gasteiger partial charge is 0.478 e. The number of benzene rings is 1. The molecule has 0 aliphatic carbocycles. The lowest BCUT2D eigenvalue weighted by atomic mass is 10.1. The van der Waals surface area contributed by atoms with Crippen molar-refractivity contribution in [1.29, 1.82) is 0 Å². The quantitative estimate of drug-likeness (QED) is 0.816. The average molecular weight is 350 g/mol. The molecule has 0 fully saturated rings. The fourth-order valence-corrected chi connectivity index (χ4v) is 1.97. The van der Waals surface area contributed by atoms with Crippen LogP contribution >= 0.6 is 15.9 Å². The Labute approximate surface area is 119 Å². The van der Waals surface area contributed by atoms with Crippen LogP contribution in [0.4, 0.5) is 18.9 Å². The zero-order valence-electron chi connectivity index (χ0n) is 9.65. The molecule has 0 spiro atoms. The third kappa shape index (κ3) is 2.62. The number of alkyl halides is 3. The first-order chi connectivity index (χ1) is 9.20. The van der Waals surface area contributed by atoms with Crippen molar-refractivity contribution in [3.8, 4) is 5.69 Å². The second-order valence-corrected chi connectivity index (χ2v) is 4.68.